The molecule has 0 aliphatic carbocycles. The lowest BCUT2D eigenvalue weighted by Gasteiger charge is -2.35. The van der Waals surface area contributed by atoms with E-state index in [1.807, 2.05) is 51.2 Å². The Hall–Kier alpha value is -1.92. The van der Waals surface area contributed by atoms with Crippen molar-refractivity contribution in [2.75, 3.05) is 51.6 Å². The molecule has 0 atom stereocenters. The lowest BCUT2D eigenvalue weighted by Crippen LogP contribution is -2.51. The topological polar surface area (TPSA) is 55.9 Å². The Morgan fingerprint density at radius 1 is 1.04 bits per heavy atom. The molecule has 24 heavy (non-hydrogen) atoms. The van der Waals surface area contributed by atoms with Gasteiger partial charge in [-0.2, -0.15) is 0 Å². The summed E-state index contributed by atoms with van der Waals surface area (Å²) in [4.78, 5) is 30.3. The van der Waals surface area contributed by atoms with Crippen molar-refractivity contribution in [1.29, 1.82) is 0 Å². The van der Waals surface area contributed by atoms with E-state index in [0.29, 0.717) is 13.1 Å². The van der Waals surface area contributed by atoms with E-state index in [2.05, 4.69) is 15.1 Å². The van der Waals surface area contributed by atoms with Crippen LogP contribution in [0.25, 0.3) is 0 Å². The predicted octanol–water partition coefficient (Wildman–Crippen LogP) is 1.11. The van der Waals surface area contributed by atoms with Gasteiger partial charge in [0.2, 0.25) is 11.8 Å². The van der Waals surface area contributed by atoms with Crippen molar-refractivity contribution in [2.24, 2.45) is 0 Å². The second-order valence-electron chi connectivity index (χ2n) is 6.56. The van der Waals surface area contributed by atoms with Gasteiger partial charge in [-0.05, 0) is 26.0 Å². The van der Waals surface area contributed by atoms with Crippen molar-refractivity contribution in [3.63, 3.8) is 0 Å². The molecule has 1 aliphatic heterocycles. The first-order chi connectivity index (χ1) is 11.5. The number of amides is 2. The van der Waals surface area contributed by atoms with Gasteiger partial charge in [0, 0.05) is 45.0 Å². The molecule has 2 rings (SSSR count). The van der Waals surface area contributed by atoms with E-state index in [-0.39, 0.29) is 17.9 Å². The molecule has 0 unspecified atom stereocenters. The summed E-state index contributed by atoms with van der Waals surface area (Å²) < 4.78 is 0. The van der Waals surface area contributed by atoms with Crippen molar-refractivity contribution in [1.82, 2.24) is 14.7 Å². The molecular formula is C18H28N4O2. The normalized spacial score (nSPS) is 16.2. The van der Waals surface area contributed by atoms with Gasteiger partial charge in [-0.3, -0.25) is 19.4 Å². The highest BCUT2D eigenvalue weighted by atomic mass is 16.2. The molecule has 2 amide bonds. The number of carbonyl (C=O) groups excluding carboxylic acids is 2. The van der Waals surface area contributed by atoms with E-state index in [1.165, 1.54) is 0 Å². The van der Waals surface area contributed by atoms with Crippen LogP contribution < -0.4 is 5.32 Å². The lowest BCUT2D eigenvalue weighted by molar-refractivity contribution is -0.133. The van der Waals surface area contributed by atoms with Gasteiger partial charge in [-0.1, -0.05) is 18.2 Å². The van der Waals surface area contributed by atoms with Gasteiger partial charge in [-0.15, -0.1) is 0 Å². The molecule has 1 N–H and O–H groups in total. The molecule has 132 valence electrons. The van der Waals surface area contributed by atoms with Gasteiger partial charge in [0.05, 0.1) is 13.1 Å². The third-order valence-corrected chi connectivity index (χ3v) is 4.42. The van der Waals surface area contributed by atoms with Crippen LogP contribution >= 0.6 is 0 Å². The Kier molecular flexibility index (Phi) is 6.75. The van der Waals surface area contributed by atoms with Gasteiger partial charge in [0.25, 0.3) is 0 Å². The zero-order chi connectivity index (χ0) is 17.5. The number of nitrogens with zero attached hydrogens (tertiary/aromatic N) is 3. The van der Waals surface area contributed by atoms with E-state index < -0.39 is 0 Å². The molecule has 1 aromatic rings. The Labute approximate surface area is 144 Å². The number of likely N-dealkylation sites (N-methyl/N-ethyl adjacent to an activating group) is 1. The molecule has 6 nitrogen and oxygen atoms in total. The summed E-state index contributed by atoms with van der Waals surface area (Å²) in [5.74, 6) is 0.158. The Morgan fingerprint density at radius 2 is 1.58 bits per heavy atom. The zero-order valence-electron chi connectivity index (χ0n) is 14.9. The summed E-state index contributed by atoms with van der Waals surface area (Å²) in [5.41, 5.74) is 0.823. The molecule has 0 bridgehead atoms. The van der Waals surface area contributed by atoms with Crippen molar-refractivity contribution >= 4 is 17.5 Å². The van der Waals surface area contributed by atoms with Crippen LogP contribution in [0.2, 0.25) is 0 Å². The Balaban J connectivity index is 1.71. The first kappa shape index (κ1) is 18.4. The summed E-state index contributed by atoms with van der Waals surface area (Å²) >= 11 is 0. The third kappa shape index (κ3) is 5.62. The molecule has 6 heteroatoms. The van der Waals surface area contributed by atoms with Crippen LogP contribution in [0.15, 0.2) is 30.3 Å². The number of benzene rings is 1. The molecule has 1 aliphatic rings. The number of para-hydroxylation sites is 1. The second-order valence-corrected chi connectivity index (χ2v) is 6.56. The molecule has 0 spiro atoms. The minimum Gasteiger partial charge on any atom is -0.342 e. The number of hydrogen-bond donors (Lipinski definition) is 1. The first-order valence-corrected chi connectivity index (χ1v) is 8.51. The van der Waals surface area contributed by atoms with E-state index in [4.69, 9.17) is 0 Å². The molecule has 0 saturated carbocycles. The fourth-order valence-electron chi connectivity index (χ4n) is 2.62. The van der Waals surface area contributed by atoms with Gasteiger partial charge >= 0.3 is 0 Å². The second kappa shape index (κ2) is 8.80. The summed E-state index contributed by atoms with van der Waals surface area (Å²) in [7, 11) is 1.84. The van der Waals surface area contributed by atoms with Crippen LogP contribution in [0.5, 0.6) is 0 Å². The fraction of sp³-hybridized carbons (Fsp3) is 0.556. The molecule has 0 aromatic heterocycles. The lowest BCUT2D eigenvalue weighted by atomic mass is 10.2. The molecule has 1 saturated heterocycles. The third-order valence-electron chi connectivity index (χ3n) is 4.42. The van der Waals surface area contributed by atoms with Crippen LogP contribution in [0, 0.1) is 0 Å². The summed E-state index contributed by atoms with van der Waals surface area (Å²) in [6.45, 7) is 8.12. The number of rotatable bonds is 6. The van der Waals surface area contributed by atoms with E-state index in [1.54, 1.807) is 4.90 Å². The van der Waals surface area contributed by atoms with E-state index in [9.17, 15) is 9.59 Å². The number of hydrogen-bond acceptors (Lipinski definition) is 4. The average Bonchev–Trinajstić information content (AvgIpc) is 2.56. The number of nitrogens with one attached hydrogen (secondary N) is 1. The van der Waals surface area contributed by atoms with Crippen LogP contribution in [0.4, 0.5) is 5.69 Å². The fourth-order valence-corrected chi connectivity index (χ4v) is 2.62. The molecule has 1 aromatic carbocycles. The van der Waals surface area contributed by atoms with Gasteiger partial charge in [-0.25, -0.2) is 0 Å². The molecule has 1 fully saturated rings. The predicted molar refractivity (Wildman–Crippen MR) is 95.9 cm³/mol. The summed E-state index contributed by atoms with van der Waals surface area (Å²) in [6, 6.07) is 9.71. The maximum atomic E-state index is 12.1. The van der Waals surface area contributed by atoms with Crippen LogP contribution in [-0.2, 0) is 9.59 Å². The van der Waals surface area contributed by atoms with Crippen molar-refractivity contribution < 1.29 is 9.59 Å². The number of piperazine rings is 1. The maximum Gasteiger partial charge on any atom is 0.238 e. The standard InChI is InChI=1S/C18H28N4O2/c1-15(2)20(3)18(24)14-22-11-9-21(10-12-22)13-17(23)19-16-7-5-4-6-8-16/h4-8,15H,9-14H2,1-3H3,(H,19,23). The SMILES string of the molecule is CC(C)N(C)C(=O)CN1CCN(CC(=O)Nc2ccccc2)CC1. The molecule has 1 heterocycles. The van der Waals surface area contributed by atoms with E-state index >= 15 is 0 Å². The molecule has 0 radical (unpaired) electrons. The van der Waals surface area contributed by atoms with Gasteiger partial charge < -0.3 is 10.2 Å². The van der Waals surface area contributed by atoms with Gasteiger partial charge in [0.15, 0.2) is 0 Å². The smallest absolute Gasteiger partial charge is 0.238 e. The minimum atomic E-state index is 0.00488. The highest BCUT2D eigenvalue weighted by molar-refractivity contribution is 5.92. The largest absolute Gasteiger partial charge is 0.342 e. The Morgan fingerprint density at radius 3 is 2.12 bits per heavy atom. The minimum absolute atomic E-state index is 0.00488. The van der Waals surface area contributed by atoms with Crippen LogP contribution in [-0.4, -0.2) is 78.9 Å². The van der Waals surface area contributed by atoms with Crippen molar-refractivity contribution in [3.8, 4) is 0 Å². The molecular weight excluding hydrogens is 304 g/mol. The van der Waals surface area contributed by atoms with Crippen molar-refractivity contribution in [2.45, 2.75) is 19.9 Å². The number of anilines is 1. The highest BCUT2D eigenvalue weighted by Gasteiger charge is 2.22. The number of carbonyl (C=O) groups is 2. The van der Waals surface area contributed by atoms with Gasteiger partial charge in [0.1, 0.15) is 0 Å². The van der Waals surface area contributed by atoms with Crippen molar-refractivity contribution in [3.05, 3.63) is 30.3 Å². The maximum absolute atomic E-state index is 12.1. The zero-order valence-corrected chi connectivity index (χ0v) is 14.9. The monoisotopic (exact) mass is 332 g/mol. The summed E-state index contributed by atoms with van der Waals surface area (Å²) in [6.07, 6.45) is 0. The van der Waals surface area contributed by atoms with Crippen LogP contribution in [0.1, 0.15) is 13.8 Å². The Bertz CT molecular complexity index is 539. The first-order valence-electron chi connectivity index (χ1n) is 8.51. The average molecular weight is 332 g/mol. The summed E-state index contributed by atoms with van der Waals surface area (Å²) in [5, 5.41) is 2.91. The van der Waals surface area contributed by atoms with E-state index in [0.717, 1.165) is 31.9 Å². The van der Waals surface area contributed by atoms with Crippen LogP contribution in [0.3, 0.4) is 0 Å². The highest BCUT2D eigenvalue weighted by Crippen LogP contribution is 2.07. The quantitative estimate of drug-likeness (QED) is 0.848.